The molecule has 290 valence electrons. The Morgan fingerprint density at radius 3 is 1.29 bits per heavy atom. The fraction of sp³-hybridized carbons (Fsp3) is 0. The first-order chi connectivity index (χ1) is 30.7. The van der Waals surface area contributed by atoms with Crippen LogP contribution in [0.25, 0.3) is 118 Å². The Kier molecular flexibility index (Phi) is 8.31. The molecule has 0 fully saturated rings. The monoisotopic (exact) mass is 795 g/mol. The number of nitrogens with zero attached hydrogens (tertiary/aromatic N) is 7. The zero-order chi connectivity index (χ0) is 41.0. The Hall–Kier alpha value is -8.62. The molecular weight excluding hydrogens is 763 g/mol. The molecular formula is C54H33N7O. The summed E-state index contributed by atoms with van der Waals surface area (Å²) in [6, 6.07) is 67.6. The van der Waals surface area contributed by atoms with E-state index in [1.165, 1.54) is 0 Å². The number of benzene rings is 8. The Labute approximate surface area is 355 Å². The highest BCUT2D eigenvalue weighted by Crippen LogP contribution is 2.41. The summed E-state index contributed by atoms with van der Waals surface area (Å²) in [4.78, 5) is 30.7. The summed E-state index contributed by atoms with van der Waals surface area (Å²) in [6.07, 6.45) is 0. The van der Waals surface area contributed by atoms with Crippen LogP contribution in [0.3, 0.4) is 0 Å². The second kappa shape index (κ2) is 14.6. The van der Waals surface area contributed by atoms with Crippen LogP contribution in [0.2, 0.25) is 0 Å². The van der Waals surface area contributed by atoms with Gasteiger partial charge >= 0.3 is 0 Å². The van der Waals surface area contributed by atoms with Crippen LogP contribution in [0.4, 0.5) is 0 Å². The highest BCUT2D eigenvalue weighted by molar-refractivity contribution is 6.17. The van der Waals surface area contributed by atoms with E-state index < -0.39 is 0 Å². The van der Waals surface area contributed by atoms with Crippen molar-refractivity contribution in [2.45, 2.75) is 0 Å². The maximum Gasteiger partial charge on any atom is 0.166 e. The first-order valence-electron chi connectivity index (χ1n) is 20.5. The van der Waals surface area contributed by atoms with Crippen LogP contribution in [0.5, 0.6) is 0 Å². The zero-order valence-electron chi connectivity index (χ0n) is 33.1. The van der Waals surface area contributed by atoms with E-state index >= 15 is 0 Å². The second-order valence-electron chi connectivity index (χ2n) is 15.1. The molecule has 8 heteroatoms. The van der Waals surface area contributed by atoms with Gasteiger partial charge in [-0.05, 0) is 30.3 Å². The summed E-state index contributed by atoms with van der Waals surface area (Å²) in [5.41, 5.74) is 9.67. The van der Waals surface area contributed by atoms with Crippen molar-refractivity contribution in [3.8, 4) is 74.0 Å². The average molecular weight is 796 g/mol. The highest BCUT2D eigenvalue weighted by Gasteiger charge is 2.23. The van der Waals surface area contributed by atoms with Gasteiger partial charge in [0.1, 0.15) is 11.2 Å². The number of hydrogen-bond acceptors (Lipinski definition) is 7. The summed E-state index contributed by atoms with van der Waals surface area (Å²) >= 11 is 0. The lowest BCUT2D eigenvalue weighted by Gasteiger charge is -2.16. The van der Waals surface area contributed by atoms with Gasteiger partial charge in [0.05, 0.1) is 16.7 Å². The van der Waals surface area contributed by atoms with E-state index in [4.69, 9.17) is 34.3 Å². The number of rotatable bonds is 7. The van der Waals surface area contributed by atoms with Gasteiger partial charge in [-0.15, -0.1) is 0 Å². The van der Waals surface area contributed by atoms with Gasteiger partial charge in [0.2, 0.25) is 0 Å². The minimum atomic E-state index is 0.528. The molecule has 0 aliphatic rings. The third-order valence-electron chi connectivity index (χ3n) is 11.3. The van der Waals surface area contributed by atoms with E-state index in [1.54, 1.807) is 0 Å². The van der Waals surface area contributed by atoms with Gasteiger partial charge in [-0.3, -0.25) is 0 Å². The van der Waals surface area contributed by atoms with E-state index in [1.807, 2.05) is 133 Å². The van der Waals surface area contributed by atoms with Crippen molar-refractivity contribution in [3.05, 3.63) is 200 Å². The third kappa shape index (κ3) is 6.09. The van der Waals surface area contributed by atoms with E-state index in [0.717, 1.165) is 82.8 Å². The summed E-state index contributed by atoms with van der Waals surface area (Å²) in [5.74, 6) is 3.39. The Balaban J connectivity index is 1.17. The molecule has 12 rings (SSSR count). The molecule has 0 saturated heterocycles. The van der Waals surface area contributed by atoms with E-state index in [2.05, 4.69) is 71.3 Å². The van der Waals surface area contributed by atoms with Crippen LogP contribution in [0, 0.1) is 0 Å². The van der Waals surface area contributed by atoms with Gasteiger partial charge in [-0.1, -0.05) is 164 Å². The predicted molar refractivity (Wildman–Crippen MR) is 247 cm³/mol. The highest BCUT2D eigenvalue weighted by atomic mass is 16.3. The van der Waals surface area contributed by atoms with Crippen LogP contribution in [0.15, 0.2) is 205 Å². The summed E-state index contributed by atoms with van der Waals surface area (Å²) < 4.78 is 8.82. The van der Waals surface area contributed by atoms with Crippen LogP contribution in [-0.2, 0) is 0 Å². The molecule has 8 aromatic carbocycles. The third-order valence-corrected chi connectivity index (χ3v) is 11.3. The molecule has 0 radical (unpaired) electrons. The quantitative estimate of drug-likeness (QED) is 0.158. The standard InChI is InChI=1S/C54H33N7O/c1-5-17-34(18-6-1)49-55-50(35-19-7-2-8-20-35)58-53(57-49)38-29-30-41(54-59-51(36-21-9-3-10-22-36)56-52(60-54)37-23-11-4-12-24-37)45(31-38)61-44-27-15-13-25-39(44)42-32-43-40-26-14-16-28-47(40)62-48(43)33-46(42)61/h1-33H. The maximum atomic E-state index is 6.52. The van der Waals surface area contributed by atoms with Crippen LogP contribution in [-0.4, -0.2) is 34.5 Å². The van der Waals surface area contributed by atoms with Crippen LogP contribution >= 0.6 is 0 Å². The van der Waals surface area contributed by atoms with Gasteiger partial charge in [0, 0.05) is 61.0 Å². The van der Waals surface area contributed by atoms with Gasteiger partial charge in [0.15, 0.2) is 34.9 Å². The fourth-order valence-electron chi connectivity index (χ4n) is 8.36. The van der Waals surface area contributed by atoms with Gasteiger partial charge in [-0.2, -0.15) is 0 Å². The molecule has 0 bridgehead atoms. The van der Waals surface area contributed by atoms with Crippen molar-refractivity contribution in [2.24, 2.45) is 0 Å². The summed E-state index contributed by atoms with van der Waals surface area (Å²) in [6.45, 7) is 0. The van der Waals surface area contributed by atoms with Crippen molar-refractivity contribution in [3.63, 3.8) is 0 Å². The summed E-state index contributed by atoms with van der Waals surface area (Å²) in [7, 11) is 0. The molecule has 12 aromatic rings. The van der Waals surface area contributed by atoms with Crippen LogP contribution in [0.1, 0.15) is 0 Å². The van der Waals surface area contributed by atoms with E-state index in [0.29, 0.717) is 34.9 Å². The molecule has 4 heterocycles. The molecule has 0 unspecified atom stereocenters. The molecule has 0 saturated carbocycles. The number of aromatic nitrogens is 7. The SMILES string of the molecule is c1ccc(-c2nc(-c3ccccc3)nc(-c3ccc(-c4nc(-c5ccccc5)nc(-c5ccccc5)n4)c(-n4c5ccccc5c5cc6c(cc54)oc4ccccc46)c3)n2)cc1. The molecule has 0 atom stereocenters. The Bertz CT molecular complexity index is 3510. The van der Waals surface area contributed by atoms with E-state index in [9.17, 15) is 0 Å². The molecule has 0 amide bonds. The lowest BCUT2D eigenvalue weighted by Crippen LogP contribution is -2.05. The lowest BCUT2D eigenvalue weighted by atomic mass is 10.1. The molecule has 8 nitrogen and oxygen atoms in total. The minimum absolute atomic E-state index is 0.528. The van der Waals surface area contributed by atoms with Crippen molar-refractivity contribution in [1.82, 2.24) is 34.5 Å². The van der Waals surface area contributed by atoms with Gasteiger partial charge in [-0.25, -0.2) is 29.9 Å². The first kappa shape index (κ1) is 35.3. The van der Waals surface area contributed by atoms with Crippen molar-refractivity contribution >= 4 is 43.7 Å². The molecule has 0 N–H and O–H groups in total. The molecule has 0 aliphatic carbocycles. The molecule has 0 aliphatic heterocycles. The minimum Gasteiger partial charge on any atom is -0.456 e. The van der Waals surface area contributed by atoms with Crippen molar-refractivity contribution in [2.75, 3.05) is 0 Å². The fourth-order valence-corrected chi connectivity index (χ4v) is 8.36. The molecule has 62 heavy (non-hydrogen) atoms. The van der Waals surface area contributed by atoms with E-state index in [-0.39, 0.29) is 0 Å². The van der Waals surface area contributed by atoms with Gasteiger partial charge < -0.3 is 8.98 Å². The largest absolute Gasteiger partial charge is 0.456 e. The number of hydrogen-bond donors (Lipinski definition) is 0. The maximum absolute atomic E-state index is 6.52. The van der Waals surface area contributed by atoms with Crippen molar-refractivity contribution in [1.29, 1.82) is 0 Å². The van der Waals surface area contributed by atoms with Crippen molar-refractivity contribution < 1.29 is 4.42 Å². The smallest absolute Gasteiger partial charge is 0.166 e. The lowest BCUT2D eigenvalue weighted by molar-refractivity contribution is 0.669. The summed E-state index contributed by atoms with van der Waals surface area (Å²) in [5, 5.41) is 4.35. The normalized spacial score (nSPS) is 11.5. The molecule has 0 spiro atoms. The van der Waals surface area contributed by atoms with Gasteiger partial charge in [0.25, 0.3) is 0 Å². The first-order valence-corrected chi connectivity index (χ1v) is 20.5. The average Bonchev–Trinajstić information content (AvgIpc) is 3.88. The molecule has 4 aromatic heterocycles. The zero-order valence-corrected chi connectivity index (χ0v) is 33.1. The Morgan fingerprint density at radius 1 is 0.290 bits per heavy atom. The topological polar surface area (TPSA) is 95.4 Å². The number of fused-ring (bicyclic) bond motifs is 6. The second-order valence-corrected chi connectivity index (χ2v) is 15.1. The Morgan fingerprint density at radius 2 is 0.742 bits per heavy atom. The predicted octanol–water partition coefficient (Wildman–Crippen LogP) is 13.1. The van der Waals surface area contributed by atoms with Crippen LogP contribution < -0.4 is 0 Å². The number of furan rings is 1. The number of para-hydroxylation sites is 2.